The summed E-state index contributed by atoms with van der Waals surface area (Å²) in [4.78, 5) is 15.2. The second-order valence-corrected chi connectivity index (χ2v) is 11.0. The Balaban J connectivity index is 1.50. The lowest BCUT2D eigenvalue weighted by molar-refractivity contribution is -0.130. The largest absolute Gasteiger partial charge is 0.341 e. The molecule has 34 heavy (non-hydrogen) atoms. The molecular weight excluding hydrogens is 468 g/mol. The molecule has 0 aromatic heterocycles. The molecule has 0 bridgehead atoms. The monoisotopic (exact) mass is 496 g/mol. The highest BCUT2D eigenvalue weighted by Crippen LogP contribution is 2.29. The van der Waals surface area contributed by atoms with Gasteiger partial charge in [0.05, 0.1) is 10.6 Å². The van der Waals surface area contributed by atoms with Crippen molar-refractivity contribution in [1.29, 1.82) is 0 Å². The number of benzene rings is 3. The SMILES string of the molecule is Cc1ccc(N(CC(=O)N2CCC(Cc3ccccc3)CC2)S(=O)(=O)c2ccccc2)cc1Cl. The van der Waals surface area contributed by atoms with Gasteiger partial charge in [-0.05, 0) is 67.5 Å². The smallest absolute Gasteiger partial charge is 0.264 e. The number of hydrogen-bond donors (Lipinski definition) is 0. The fourth-order valence-electron chi connectivity index (χ4n) is 4.33. The highest BCUT2D eigenvalue weighted by molar-refractivity contribution is 7.92. The van der Waals surface area contributed by atoms with E-state index < -0.39 is 10.0 Å². The summed E-state index contributed by atoms with van der Waals surface area (Å²) in [7, 11) is -3.94. The lowest BCUT2D eigenvalue weighted by atomic mass is 9.90. The van der Waals surface area contributed by atoms with Gasteiger partial charge in [0.15, 0.2) is 0 Å². The molecule has 0 N–H and O–H groups in total. The summed E-state index contributed by atoms with van der Waals surface area (Å²) in [6, 6.07) is 23.6. The average Bonchev–Trinajstić information content (AvgIpc) is 2.86. The van der Waals surface area contributed by atoms with Crippen LogP contribution in [-0.4, -0.2) is 38.9 Å². The molecule has 7 heteroatoms. The van der Waals surface area contributed by atoms with E-state index in [9.17, 15) is 13.2 Å². The summed E-state index contributed by atoms with van der Waals surface area (Å²) in [6.45, 7) is 2.85. The van der Waals surface area contributed by atoms with Gasteiger partial charge in [-0.2, -0.15) is 0 Å². The Bertz CT molecular complexity index is 1230. The highest BCUT2D eigenvalue weighted by Gasteiger charge is 2.30. The van der Waals surface area contributed by atoms with Crippen LogP contribution in [0, 0.1) is 12.8 Å². The predicted octanol–water partition coefficient (Wildman–Crippen LogP) is 5.33. The Morgan fingerprint density at radius 3 is 2.21 bits per heavy atom. The number of carbonyl (C=O) groups is 1. The van der Waals surface area contributed by atoms with Crippen molar-refractivity contribution in [2.75, 3.05) is 23.9 Å². The minimum Gasteiger partial charge on any atom is -0.341 e. The topological polar surface area (TPSA) is 57.7 Å². The Labute approximate surface area is 207 Å². The van der Waals surface area contributed by atoms with Crippen molar-refractivity contribution in [1.82, 2.24) is 4.90 Å². The minimum atomic E-state index is -3.94. The average molecular weight is 497 g/mol. The maximum atomic E-state index is 13.5. The molecule has 5 nitrogen and oxygen atoms in total. The van der Waals surface area contributed by atoms with Gasteiger partial charge in [-0.1, -0.05) is 66.2 Å². The third-order valence-corrected chi connectivity index (χ3v) is 8.58. The number of carbonyl (C=O) groups excluding carboxylic acids is 1. The second kappa shape index (κ2) is 10.6. The fraction of sp³-hybridized carbons (Fsp3) is 0.296. The minimum absolute atomic E-state index is 0.140. The van der Waals surface area contributed by atoms with Crippen molar-refractivity contribution < 1.29 is 13.2 Å². The van der Waals surface area contributed by atoms with Crippen molar-refractivity contribution in [3.05, 3.63) is 95.0 Å². The van der Waals surface area contributed by atoms with Gasteiger partial charge in [0.1, 0.15) is 6.54 Å². The Hall–Kier alpha value is -2.83. The summed E-state index contributed by atoms with van der Waals surface area (Å²) >= 11 is 6.30. The molecule has 1 saturated heterocycles. The first-order valence-corrected chi connectivity index (χ1v) is 13.3. The lowest BCUT2D eigenvalue weighted by Crippen LogP contribution is -2.46. The number of halogens is 1. The van der Waals surface area contributed by atoms with Crippen molar-refractivity contribution >= 4 is 33.2 Å². The van der Waals surface area contributed by atoms with E-state index in [1.54, 1.807) is 41.3 Å². The Morgan fingerprint density at radius 2 is 1.59 bits per heavy atom. The number of amides is 1. The molecule has 0 unspecified atom stereocenters. The van der Waals surface area contributed by atoms with Gasteiger partial charge in [-0.15, -0.1) is 0 Å². The molecule has 1 fully saturated rings. The summed E-state index contributed by atoms with van der Waals surface area (Å²) < 4.78 is 28.2. The Morgan fingerprint density at radius 1 is 0.971 bits per heavy atom. The molecule has 1 aliphatic rings. The standard InChI is InChI=1S/C27H29ClN2O3S/c1-21-12-13-24(19-26(21)28)30(34(32,33)25-10-6-3-7-11-25)20-27(31)29-16-14-23(15-17-29)18-22-8-4-2-5-9-22/h2-13,19,23H,14-18,20H2,1H3. The van der Waals surface area contributed by atoms with Crippen LogP contribution in [0.1, 0.15) is 24.0 Å². The van der Waals surface area contributed by atoms with E-state index in [0.29, 0.717) is 29.7 Å². The molecule has 178 valence electrons. The summed E-state index contributed by atoms with van der Waals surface area (Å²) in [5, 5.41) is 0.458. The van der Waals surface area contributed by atoms with Crippen molar-refractivity contribution in [3.8, 4) is 0 Å². The van der Waals surface area contributed by atoms with Gasteiger partial charge in [0.25, 0.3) is 10.0 Å². The van der Waals surface area contributed by atoms with Gasteiger partial charge < -0.3 is 4.90 Å². The normalized spacial score (nSPS) is 14.7. The van der Waals surface area contributed by atoms with E-state index in [1.165, 1.54) is 22.0 Å². The van der Waals surface area contributed by atoms with E-state index in [2.05, 4.69) is 12.1 Å². The number of hydrogen-bond acceptors (Lipinski definition) is 3. The highest BCUT2D eigenvalue weighted by atomic mass is 35.5. The van der Waals surface area contributed by atoms with Gasteiger partial charge in [-0.25, -0.2) is 8.42 Å². The van der Waals surface area contributed by atoms with Crippen LogP contribution in [0.4, 0.5) is 5.69 Å². The van der Waals surface area contributed by atoms with Crippen LogP contribution in [0.3, 0.4) is 0 Å². The first-order chi connectivity index (χ1) is 16.3. The second-order valence-electron chi connectivity index (χ2n) is 8.77. The van der Waals surface area contributed by atoms with Gasteiger partial charge >= 0.3 is 0 Å². The number of anilines is 1. The quantitative estimate of drug-likeness (QED) is 0.444. The van der Waals surface area contributed by atoms with E-state index in [4.69, 9.17) is 11.6 Å². The molecule has 0 atom stereocenters. The number of nitrogens with zero attached hydrogens (tertiary/aromatic N) is 2. The van der Waals surface area contributed by atoms with Crippen molar-refractivity contribution in [2.24, 2.45) is 5.92 Å². The third kappa shape index (κ3) is 5.62. The van der Waals surface area contributed by atoms with E-state index >= 15 is 0 Å². The van der Waals surface area contributed by atoms with Crippen LogP contribution in [0.5, 0.6) is 0 Å². The van der Waals surface area contributed by atoms with Crippen molar-refractivity contribution in [2.45, 2.75) is 31.1 Å². The maximum absolute atomic E-state index is 13.5. The van der Waals surface area contributed by atoms with Crippen molar-refractivity contribution in [3.63, 3.8) is 0 Å². The zero-order valence-electron chi connectivity index (χ0n) is 19.2. The number of sulfonamides is 1. The molecule has 1 amide bonds. The van der Waals surface area contributed by atoms with E-state index in [0.717, 1.165) is 24.8 Å². The summed E-state index contributed by atoms with van der Waals surface area (Å²) in [6.07, 6.45) is 2.81. The first-order valence-electron chi connectivity index (χ1n) is 11.5. The van der Waals surface area contributed by atoms with Crippen LogP contribution in [0.25, 0.3) is 0 Å². The van der Waals surface area contributed by atoms with E-state index in [1.807, 2.05) is 25.1 Å². The molecule has 0 aliphatic carbocycles. The summed E-state index contributed by atoms with van der Waals surface area (Å²) in [5.41, 5.74) is 2.53. The zero-order valence-corrected chi connectivity index (χ0v) is 20.8. The summed E-state index contributed by atoms with van der Waals surface area (Å²) in [5.74, 6) is 0.320. The number of piperidine rings is 1. The number of rotatable bonds is 7. The molecule has 0 radical (unpaired) electrons. The predicted molar refractivity (Wildman–Crippen MR) is 137 cm³/mol. The Kier molecular flexibility index (Phi) is 7.59. The van der Waals surface area contributed by atoms with E-state index in [-0.39, 0.29) is 17.3 Å². The van der Waals surface area contributed by atoms with Crippen LogP contribution in [0.2, 0.25) is 5.02 Å². The molecule has 3 aromatic carbocycles. The van der Waals surface area contributed by atoms with Gasteiger partial charge in [-0.3, -0.25) is 9.10 Å². The molecular formula is C27H29ClN2O3S. The molecule has 1 aliphatic heterocycles. The number of likely N-dealkylation sites (tertiary alicyclic amines) is 1. The number of aryl methyl sites for hydroxylation is 1. The van der Waals surface area contributed by atoms with Gasteiger partial charge in [0, 0.05) is 18.1 Å². The molecule has 1 heterocycles. The van der Waals surface area contributed by atoms with Crippen LogP contribution < -0.4 is 4.31 Å². The van der Waals surface area contributed by atoms with Crippen LogP contribution >= 0.6 is 11.6 Å². The van der Waals surface area contributed by atoms with Gasteiger partial charge in [0.2, 0.25) is 5.91 Å². The first kappa shape index (κ1) is 24.3. The molecule has 0 spiro atoms. The maximum Gasteiger partial charge on any atom is 0.264 e. The fourth-order valence-corrected chi connectivity index (χ4v) is 5.93. The zero-order chi connectivity index (χ0) is 24.1. The lowest BCUT2D eigenvalue weighted by Gasteiger charge is -2.34. The molecule has 3 aromatic rings. The van der Waals surface area contributed by atoms with Crippen LogP contribution in [0.15, 0.2) is 83.8 Å². The third-order valence-electron chi connectivity index (χ3n) is 6.39. The molecule has 0 saturated carbocycles. The molecule has 4 rings (SSSR count). The van der Waals surface area contributed by atoms with Crippen LogP contribution in [-0.2, 0) is 21.2 Å².